The molecule has 2 heterocycles. The van der Waals surface area contributed by atoms with Gasteiger partial charge in [-0.05, 0) is 31.1 Å². The number of nitrogens with one attached hydrogen (secondary N) is 1. The van der Waals surface area contributed by atoms with Crippen LogP contribution in [0.4, 0.5) is 0 Å². The molecule has 0 aliphatic heterocycles. The fraction of sp³-hybridized carbons (Fsp3) is 0.571. The van der Waals surface area contributed by atoms with E-state index in [1.165, 1.54) is 6.42 Å². The van der Waals surface area contributed by atoms with E-state index in [-0.39, 0.29) is 23.3 Å². The largest absolute Gasteiger partial charge is 0.349 e. The molecular weight excluding hydrogens is 338 g/mol. The molecule has 2 aliphatic carbocycles. The van der Waals surface area contributed by atoms with Gasteiger partial charge < -0.3 is 5.32 Å². The highest BCUT2D eigenvalue weighted by Crippen LogP contribution is 2.40. The van der Waals surface area contributed by atoms with Crippen LogP contribution in [0.15, 0.2) is 24.8 Å². The minimum atomic E-state index is -0.0194. The Bertz CT molecular complexity index is 815. The van der Waals surface area contributed by atoms with E-state index in [1.54, 1.807) is 18.6 Å². The van der Waals surface area contributed by atoms with Crippen molar-refractivity contribution >= 4 is 5.91 Å². The normalized spacial score (nSPS) is 22.1. The van der Waals surface area contributed by atoms with Crippen LogP contribution in [0, 0.1) is 11.3 Å². The van der Waals surface area contributed by atoms with Gasteiger partial charge in [-0.3, -0.25) is 9.78 Å². The SMILES string of the molecule is CC1(C)Cc2nc(-c3cnccn3)ncc2C(NC(=O)C2CCCCC2)C1. The van der Waals surface area contributed by atoms with Crippen molar-refractivity contribution in [2.24, 2.45) is 11.3 Å². The minimum absolute atomic E-state index is 0.0194. The zero-order valence-corrected chi connectivity index (χ0v) is 16.1. The van der Waals surface area contributed by atoms with Crippen molar-refractivity contribution in [1.82, 2.24) is 25.3 Å². The number of rotatable bonds is 3. The molecule has 0 spiro atoms. The maximum absolute atomic E-state index is 12.8. The lowest BCUT2D eigenvalue weighted by atomic mass is 9.74. The number of fused-ring (bicyclic) bond motifs is 1. The van der Waals surface area contributed by atoms with E-state index in [4.69, 9.17) is 4.98 Å². The molecule has 1 amide bonds. The van der Waals surface area contributed by atoms with Crippen LogP contribution in [0.3, 0.4) is 0 Å². The van der Waals surface area contributed by atoms with E-state index in [9.17, 15) is 4.79 Å². The third-order valence-corrected chi connectivity index (χ3v) is 5.76. The molecule has 0 bridgehead atoms. The summed E-state index contributed by atoms with van der Waals surface area (Å²) in [6, 6.07) is -0.0194. The van der Waals surface area contributed by atoms with Crippen molar-refractivity contribution in [2.45, 2.75) is 64.8 Å². The van der Waals surface area contributed by atoms with Gasteiger partial charge in [0.05, 0.1) is 17.9 Å². The van der Waals surface area contributed by atoms with Gasteiger partial charge in [0.15, 0.2) is 5.82 Å². The number of aromatic nitrogens is 4. The standard InChI is InChI=1S/C21H27N5O/c1-21(2)10-16-15(12-24-19(25-16)18-13-22-8-9-23-18)17(11-21)26-20(27)14-6-4-3-5-7-14/h8-9,12-14,17H,3-7,10-11H2,1-2H3,(H,26,27). The lowest BCUT2D eigenvalue weighted by Gasteiger charge is -2.37. The molecule has 142 valence electrons. The van der Waals surface area contributed by atoms with Gasteiger partial charge in [0.25, 0.3) is 0 Å². The predicted octanol–water partition coefficient (Wildman–Crippen LogP) is 3.64. The van der Waals surface area contributed by atoms with Crippen LogP contribution in [-0.2, 0) is 11.2 Å². The summed E-state index contributed by atoms with van der Waals surface area (Å²) in [5, 5.41) is 3.31. The molecule has 1 fully saturated rings. The van der Waals surface area contributed by atoms with Crippen molar-refractivity contribution in [3.05, 3.63) is 36.0 Å². The fourth-order valence-corrected chi connectivity index (χ4v) is 4.37. The zero-order chi connectivity index (χ0) is 18.9. The lowest BCUT2D eigenvalue weighted by molar-refractivity contribution is -0.127. The van der Waals surface area contributed by atoms with Gasteiger partial charge in [-0.1, -0.05) is 33.1 Å². The molecule has 2 aromatic rings. The van der Waals surface area contributed by atoms with E-state index < -0.39 is 0 Å². The molecule has 0 saturated heterocycles. The van der Waals surface area contributed by atoms with Crippen LogP contribution in [0.5, 0.6) is 0 Å². The second-order valence-corrected chi connectivity index (χ2v) is 8.63. The third kappa shape index (κ3) is 3.99. The smallest absolute Gasteiger partial charge is 0.223 e. The highest BCUT2D eigenvalue weighted by Gasteiger charge is 2.35. The van der Waals surface area contributed by atoms with E-state index in [0.29, 0.717) is 11.5 Å². The van der Waals surface area contributed by atoms with Crippen molar-refractivity contribution in [2.75, 3.05) is 0 Å². The first-order chi connectivity index (χ1) is 13.0. The maximum Gasteiger partial charge on any atom is 0.223 e. The first-order valence-corrected chi connectivity index (χ1v) is 9.94. The Morgan fingerprint density at radius 3 is 2.67 bits per heavy atom. The molecular formula is C21H27N5O. The second kappa shape index (κ2) is 7.33. The Morgan fingerprint density at radius 1 is 1.11 bits per heavy atom. The van der Waals surface area contributed by atoms with Gasteiger partial charge in [-0.25, -0.2) is 15.0 Å². The van der Waals surface area contributed by atoms with E-state index in [2.05, 4.69) is 34.1 Å². The topological polar surface area (TPSA) is 80.7 Å². The summed E-state index contributed by atoms with van der Waals surface area (Å²) in [5.74, 6) is 0.949. The molecule has 27 heavy (non-hydrogen) atoms. The Morgan fingerprint density at radius 2 is 1.93 bits per heavy atom. The van der Waals surface area contributed by atoms with Crippen LogP contribution in [0.1, 0.15) is 69.7 Å². The Kier molecular flexibility index (Phi) is 4.89. The van der Waals surface area contributed by atoms with Crippen LogP contribution in [0.25, 0.3) is 11.5 Å². The lowest BCUT2D eigenvalue weighted by Crippen LogP contribution is -2.40. The number of nitrogens with zero attached hydrogens (tertiary/aromatic N) is 4. The van der Waals surface area contributed by atoms with Gasteiger partial charge in [0.2, 0.25) is 5.91 Å². The van der Waals surface area contributed by atoms with Crippen LogP contribution in [-0.4, -0.2) is 25.8 Å². The number of hydrogen-bond acceptors (Lipinski definition) is 5. The number of amides is 1. The van der Waals surface area contributed by atoms with Gasteiger partial charge in [0.1, 0.15) is 5.69 Å². The van der Waals surface area contributed by atoms with Gasteiger partial charge in [-0.15, -0.1) is 0 Å². The molecule has 0 aromatic carbocycles. The molecule has 6 heteroatoms. The average molecular weight is 365 g/mol. The van der Waals surface area contributed by atoms with Crippen LogP contribution in [0.2, 0.25) is 0 Å². The summed E-state index contributed by atoms with van der Waals surface area (Å²) in [7, 11) is 0. The maximum atomic E-state index is 12.8. The first kappa shape index (κ1) is 18.0. The first-order valence-electron chi connectivity index (χ1n) is 9.94. The summed E-state index contributed by atoms with van der Waals surface area (Å²) < 4.78 is 0. The van der Waals surface area contributed by atoms with E-state index >= 15 is 0 Å². The van der Waals surface area contributed by atoms with Crippen molar-refractivity contribution in [1.29, 1.82) is 0 Å². The summed E-state index contributed by atoms with van der Waals surface area (Å²) in [4.78, 5) is 30.5. The van der Waals surface area contributed by atoms with Crippen molar-refractivity contribution in [3.63, 3.8) is 0 Å². The molecule has 1 N–H and O–H groups in total. The quantitative estimate of drug-likeness (QED) is 0.898. The molecule has 2 aliphatic rings. The summed E-state index contributed by atoms with van der Waals surface area (Å²) >= 11 is 0. The number of carbonyl (C=O) groups excluding carboxylic acids is 1. The third-order valence-electron chi connectivity index (χ3n) is 5.76. The summed E-state index contributed by atoms with van der Waals surface area (Å²) in [5.41, 5.74) is 2.80. The number of hydrogen-bond donors (Lipinski definition) is 1. The summed E-state index contributed by atoms with van der Waals surface area (Å²) in [6.07, 6.45) is 14.2. The molecule has 6 nitrogen and oxygen atoms in total. The molecule has 2 aromatic heterocycles. The molecule has 0 radical (unpaired) electrons. The van der Waals surface area contributed by atoms with Gasteiger partial charge >= 0.3 is 0 Å². The second-order valence-electron chi connectivity index (χ2n) is 8.63. The molecule has 1 atom stereocenters. The van der Waals surface area contributed by atoms with Crippen molar-refractivity contribution < 1.29 is 4.79 Å². The van der Waals surface area contributed by atoms with E-state index in [1.807, 2.05) is 6.20 Å². The van der Waals surface area contributed by atoms with E-state index in [0.717, 1.165) is 49.8 Å². The Balaban J connectivity index is 1.60. The van der Waals surface area contributed by atoms with Crippen molar-refractivity contribution in [3.8, 4) is 11.5 Å². The highest BCUT2D eigenvalue weighted by molar-refractivity contribution is 5.79. The Labute approximate surface area is 160 Å². The van der Waals surface area contributed by atoms with Crippen LogP contribution >= 0.6 is 0 Å². The van der Waals surface area contributed by atoms with Crippen LogP contribution < -0.4 is 5.32 Å². The predicted molar refractivity (Wildman–Crippen MR) is 103 cm³/mol. The minimum Gasteiger partial charge on any atom is -0.349 e. The van der Waals surface area contributed by atoms with Gasteiger partial charge in [-0.2, -0.15) is 0 Å². The highest BCUT2D eigenvalue weighted by atomic mass is 16.1. The van der Waals surface area contributed by atoms with Gasteiger partial charge in [0, 0.05) is 30.1 Å². The molecule has 4 rings (SSSR count). The number of carbonyl (C=O) groups is 1. The molecule has 1 unspecified atom stereocenters. The average Bonchev–Trinajstić information content (AvgIpc) is 2.68. The summed E-state index contributed by atoms with van der Waals surface area (Å²) in [6.45, 7) is 4.47. The Hall–Kier alpha value is -2.37. The zero-order valence-electron chi connectivity index (χ0n) is 16.1. The molecule has 1 saturated carbocycles. The fourth-order valence-electron chi connectivity index (χ4n) is 4.37. The monoisotopic (exact) mass is 365 g/mol.